The summed E-state index contributed by atoms with van der Waals surface area (Å²) in [4.78, 5) is 0. The number of halogens is 1. The van der Waals surface area contributed by atoms with Gasteiger partial charge in [0, 0.05) is 12.0 Å². The normalized spacial score (nSPS) is 19.4. The highest BCUT2D eigenvalue weighted by Crippen LogP contribution is 2.31. The second-order valence-electron chi connectivity index (χ2n) is 5.19. The van der Waals surface area contributed by atoms with Crippen molar-refractivity contribution in [3.8, 4) is 5.75 Å². The Morgan fingerprint density at radius 1 is 1.50 bits per heavy atom. The zero-order chi connectivity index (χ0) is 13.0. The number of benzene rings is 1. The summed E-state index contributed by atoms with van der Waals surface area (Å²) < 4.78 is 18.9. The first-order valence-corrected chi connectivity index (χ1v) is 6.84. The maximum absolute atomic E-state index is 13.1. The number of ether oxygens (including phenoxy) is 1. The van der Waals surface area contributed by atoms with E-state index in [4.69, 9.17) is 4.74 Å². The summed E-state index contributed by atoms with van der Waals surface area (Å²) in [6, 6.07) is 4.80. The summed E-state index contributed by atoms with van der Waals surface area (Å²) in [5.41, 5.74) is 1.01. The smallest absolute Gasteiger partial charge is 0.123 e. The van der Waals surface area contributed by atoms with Crippen LogP contribution in [0.3, 0.4) is 0 Å². The predicted molar refractivity (Wildman–Crippen MR) is 71.5 cm³/mol. The minimum atomic E-state index is -0.168. The van der Waals surface area contributed by atoms with Gasteiger partial charge in [0.05, 0.1) is 0 Å². The van der Waals surface area contributed by atoms with Crippen molar-refractivity contribution in [2.75, 3.05) is 13.1 Å². The Bertz CT molecular complexity index is 394. The van der Waals surface area contributed by atoms with Crippen LogP contribution in [0.4, 0.5) is 4.39 Å². The highest BCUT2D eigenvalue weighted by Gasteiger charge is 2.23. The van der Waals surface area contributed by atoms with Gasteiger partial charge in [0.2, 0.25) is 0 Å². The van der Waals surface area contributed by atoms with Crippen molar-refractivity contribution >= 4 is 0 Å². The first-order chi connectivity index (χ1) is 8.69. The van der Waals surface area contributed by atoms with E-state index in [-0.39, 0.29) is 11.9 Å². The van der Waals surface area contributed by atoms with Crippen LogP contribution in [-0.2, 0) is 6.42 Å². The molecule has 1 heterocycles. The van der Waals surface area contributed by atoms with Gasteiger partial charge in [0.15, 0.2) is 0 Å². The maximum Gasteiger partial charge on any atom is 0.123 e. The van der Waals surface area contributed by atoms with E-state index in [2.05, 4.69) is 19.2 Å². The third-order valence-corrected chi connectivity index (χ3v) is 3.49. The molecule has 2 unspecified atom stereocenters. The Kier molecular flexibility index (Phi) is 4.59. The predicted octanol–water partition coefficient (Wildman–Crippen LogP) is 3.16. The van der Waals surface area contributed by atoms with Crippen molar-refractivity contribution in [2.24, 2.45) is 5.92 Å². The van der Waals surface area contributed by atoms with E-state index in [0.717, 1.165) is 43.7 Å². The molecular weight excluding hydrogens is 229 g/mol. The van der Waals surface area contributed by atoms with Gasteiger partial charge in [-0.1, -0.05) is 13.8 Å². The monoisotopic (exact) mass is 251 g/mol. The molecule has 0 saturated carbocycles. The third-order valence-electron chi connectivity index (χ3n) is 3.49. The molecule has 2 rings (SSSR count). The molecule has 0 aromatic heterocycles. The lowest BCUT2D eigenvalue weighted by Gasteiger charge is -2.15. The molecule has 1 aromatic rings. The SMILES string of the molecule is CCNCC(C)CCC1Cc2cc(F)ccc2O1. The van der Waals surface area contributed by atoms with Crippen LogP contribution in [0.5, 0.6) is 5.75 Å². The summed E-state index contributed by atoms with van der Waals surface area (Å²) in [5, 5.41) is 3.36. The van der Waals surface area contributed by atoms with Crippen LogP contribution in [0.15, 0.2) is 18.2 Å². The zero-order valence-electron chi connectivity index (χ0n) is 11.2. The summed E-state index contributed by atoms with van der Waals surface area (Å²) in [7, 11) is 0. The molecule has 1 aliphatic heterocycles. The quantitative estimate of drug-likeness (QED) is 0.838. The van der Waals surface area contributed by atoms with Crippen molar-refractivity contribution in [3.63, 3.8) is 0 Å². The maximum atomic E-state index is 13.1. The largest absolute Gasteiger partial charge is 0.490 e. The highest BCUT2D eigenvalue weighted by atomic mass is 19.1. The first kappa shape index (κ1) is 13.3. The standard InChI is InChI=1S/C15H22FNO/c1-3-17-10-11(2)4-6-14-9-12-8-13(16)5-7-15(12)18-14/h5,7-8,11,14,17H,3-4,6,9-10H2,1-2H3. The molecule has 18 heavy (non-hydrogen) atoms. The molecule has 0 saturated heterocycles. The second-order valence-corrected chi connectivity index (χ2v) is 5.19. The van der Waals surface area contributed by atoms with Gasteiger partial charge in [-0.25, -0.2) is 4.39 Å². The van der Waals surface area contributed by atoms with Crippen LogP contribution in [0.2, 0.25) is 0 Å². The molecule has 0 spiro atoms. The molecule has 100 valence electrons. The number of hydrogen-bond acceptors (Lipinski definition) is 2. The van der Waals surface area contributed by atoms with Gasteiger partial charge >= 0.3 is 0 Å². The van der Waals surface area contributed by atoms with E-state index >= 15 is 0 Å². The average Bonchev–Trinajstić information content (AvgIpc) is 2.75. The molecule has 0 radical (unpaired) electrons. The van der Waals surface area contributed by atoms with Gasteiger partial charge in [0.25, 0.3) is 0 Å². The Morgan fingerprint density at radius 3 is 3.11 bits per heavy atom. The fraction of sp³-hybridized carbons (Fsp3) is 0.600. The Hall–Kier alpha value is -1.09. The van der Waals surface area contributed by atoms with Crippen molar-refractivity contribution < 1.29 is 9.13 Å². The molecule has 2 atom stereocenters. The topological polar surface area (TPSA) is 21.3 Å². The highest BCUT2D eigenvalue weighted by molar-refractivity contribution is 5.37. The van der Waals surface area contributed by atoms with Crippen LogP contribution in [0.1, 0.15) is 32.3 Å². The van der Waals surface area contributed by atoms with Crippen LogP contribution in [0.25, 0.3) is 0 Å². The lowest BCUT2D eigenvalue weighted by molar-refractivity contribution is 0.209. The van der Waals surface area contributed by atoms with Gasteiger partial charge in [-0.15, -0.1) is 0 Å². The number of rotatable bonds is 6. The Labute approximate surface area is 109 Å². The molecule has 3 heteroatoms. The average molecular weight is 251 g/mol. The van der Waals surface area contributed by atoms with Gasteiger partial charge < -0.3 is 10.1 Å². The molecular formula is C15H22FNO. The fourth-order valence-corrected chi connectivity index (χ4v) is 2.41. The molecule has 0 amide bonds. The van der Waals surface area contributed by atoms with Crippen LogP contribution >= 0.6 is 0 Å². The van der Waals surface area contributed by atoms with Crippen molar-refractivity contribution in [2.45, 2.75) is 39.2 Å². The van der Waals surface area contributed by atoms with E-state index in [1.807, 2.05) is 0 Å². The number of fused-ring (bicyclic) bond motifs is 1. The van der Waals surface area contributed by atoms with Gasteiger partial charge in [-0.2, -0.15) is 0 Å². The fourth-order valence-electron chi connectivity index (χ4n) is 2.41. The molecule has 2 nitrogen and oxygen atoms in total. The second kappa shape index (κ2) is 6.19. The first-order valence-electron chi connectivity index (χ1n) is 6.84. The van der Waals surface area contributed by atoms with Crippen molar-refractivity contribution in [1.29, 1.82) is 0 Å². The summed E-state index contributed by atoms with van der Waals surface area (Å²) >= 11 is 0. The van der Waals surface area contributed by atoms with E-state index < -0.39 is 0 Å². The minimum absolute atomic E-state index is 0.168. The van der Waals surface area contributed by atoms with Crippen LogP contribution in [0, 0.1) is 11.7 Å². The summed E-state index contributed by atoms with van der Waals surface area (Å²) in [6.45, 7) is 6.46. The molecule has 1 aliphatic rings. The number of hydrogen-bond donors (Lipinski definition) is 1. The van der Waals surface area contributed by atoms with Gasteiger partial charge in [-0.05, 0) is 50.0 Å². The molecule has 1 aromatic carbocycles. The van der Waals surface area contributed by atoms with Crippen LogP contribution in [-0.4, -0.2) is 19.2 Å². The van der Waals surface area contributed by atoms with Gasteiger partial charge in [-0.3, -0.25) is 0 Å². The molecule has 1 N–H and O–H groups in total. The van der Waals surface area contributed by atoms with E-state index in [9.17, 15) is 4.39 Å². The molecule has 0 fully saturated rings. The van der Waals surface area contributed by atoms with Crippen molar-refractivity contribution in [3.05, 3.63) is 29.6 Å². The lowest BCUT2D eigenvalue weighted by Crippen LogP contribution is -2.22. The summed E-state index contributed by atoms with van der Waals surface area (Å²) in [6.07, 6.45) is 3.27. The van der Waals surface area contributed by atoms with Gasteiger partial charge in [0.1, 0.15) is 17.7 Å². The lowest BCUT2D eigenvalue weighted by atomic mass is 10.00. The minimum Gasteiger partial charge on any atom is -0.490 e. The van der Waals surface area contributed by atoms with E-state index in [0.29, 0.717) is 5.92 Å². The number of nitrogens with one attached hydrogen (secondary N) is 1. The van der Waals surface area contributed by atoms with Crippen molar-refractivity contribution in [1.82, 2.24) is 5.32 Å². The zero-order valence-corrected chi connectivity index (χ0v) is 11.2. The van der Waals surface area contributed by atoms with Crippen LogP contribution < -0.4 is 10.1 Å². The molecule has 0 bridgehead atoms. The Morgan fingerprint density at radius 2 is 2.33 bits per heavy atom. The summed E-state index contributed by atoms with van der Waals surface area (Å²) in [5.74, 6) is 1.35. The third kappa shape index (κ3) is 3.45. The van der Waals surface area contributed by atoms with E-state index in [1.54, 1.807) is 12.1 Å². The Balaban J connectivity index is 1.77. The van der Waals surface area contributed by atoms with E-state index in [1.165, 1.54) is 6.07 Å². The molecule has 0 aliphatic carbocycles.